The topological polar surface area (TPSA) is 84.6 Å². The molecular formula is C16H19N3O3. The van der Waals surface area contributed by atoms with Gasteiger partial charge in [-0.15, -0.1) is 0 Å². The van der Waals surface area contributed by atoms with Gasteiger partial charge in [0.25, 0.3) is 5.69 Å². The summed E-state index contributed by atoms with van der Waals surface area (Å²) in [7, 11) is 0. The summed E-state index contributed by atoms with van der Waals surface area (Å²) in [5, 5.41) is 14.5. The number of nitrogens with one attached hydrogen (secondary N) is 1. The summed E-state index contributed by atoms with van der Waals surface area (Å²) in [5.41, 5.74) is 3.53. The predicted molar refractivity (Wildman–Crippen MR) is 82.4 cm³/mol. The van der Waals surface area contributed by atoms with Gasteiger partial charge in [0.05, 0.1) is 11.1 Å². The molecule has 116 valence electrons. The van der Waals surface area contributed by atoms with Crippen LogP contribution in [0, 0.1) is 27.4 Å². The van der Waals surface area contributed by atoms with E-state index in [0.29, 0.717) is 11.5 Å². The largest absolute Gasteiger partial charge is 0.273 e. The molecule has 0 unspecified atom stereocenters. The second-order valence-corrected chi connectivity index (χ2v) is 6.42. The van der Waals surface area contributed by atoms with E-state index in [0.717, 1.165) is 12.8 Å². The number of amides is 1. The van der Waals surface area contributed by atoms with Gasteiger partial charge in [0.2, 0.25) is 5.91 Å². The van der Waals surface area contributed by atoms with Crippen molar-refractivity contribution in [3.8, 4) is 0 Å². The van der Waals surface area contributed by atoms with Gasteiger partial charge in [-0.1, -0.05) is 19.8 Å². The highest BCUT2D eigenvalue weighted by Crippen LogP contribution is 2.66. The van der Waals surface area contributed by atoms with E-state index in [1.54, 1.807) is 12.1 Å². The molecule has 0 radical (unpaired) electrons. The first-order valence-corrected chi connectivity index (χ1v) is 7.60. The zero-order valence-corrected chi connectivity index (χ0v) is 12.5. The van der Waals surface area contributed by atoms with Crippen molar-refractivity contribution in [1.29, 1.82) is 0 Å². The molecule has 0 spiro atoms. The Morgan fingerprint density at radius 2 is 2.14 bits per heavy atom. The Hall–Kier alpha value is -2.24. The summed E-state index contributed by atoms with van der Waals surface area (Å²) < 4.78 is 0. The Bertz CT molecular complexity index is 626. The van der Waals surface area contributed by atoms with Crippen LogP contribution in [0.25, 0.3) is 0 Å². The maximum absolute atomic E-state index is 12.2. The van der Waals surface area contributed by atoms with Crippen LogP contribution in [0.3, 0.4) is 0 Å². The molecule has 3 atom stereocenters. The number of nitro benzene ring substituents is 1. The van der Waals surface area contributed by atoms with Crippen LogP contribution in [-0.2, 0) is 4.79 Å². The van der Waals surface area contributed by atoms with E-state index in [9.17, 15) is 14.9 Å². The van der Waals surface area contributed by atoms with Gasteiger partial charge >= 0.3 is 0 Å². The minimum Gasteiger partial charge on any atom is -0.273 e. The molecule has 0 saturated heterocycles. The van der Waals surface area contributed by atoms with E-state index in [1.807, 2.05) is 0 Å². The molecule has 2 fully saturated rings. The van der Waals surface area contributed by atoms with Crippen molar-refractivity contribution in [2.45, 2.75) is 32.6 Å². The lowest BCUT2D eigenvalue weighted by Gasteiger charge is -2.15. The molecule has 3 rings (SSSR count). The molecule has 0 bridgehead atoms. The van der Waals surface area contributed by atoms with E-state index < -0.39 is 4.92 Å². The minimum atomic E-state index is -0.446. The normalized spacial score (nSPS) is 29.9. The van der Waals surface area contributed by atoms with Crippen LogP contribution in [0.1, 0.15) is 38.2 Å². The maximum atomic E-state index is 12.2. The Labute approximate surface area is 128 Å². The molecular weight excluding hydrogens is 282 g/mol. The van der Waals surface area contributed by atoms with Crippen molar-refractivity contribution in [2.24, 2.45) is 22.4 Å². The number of benzene rings is 1. The Kier molecular flexibility index (Phi) is 3.68. The first-order chi connectivity index (χ1) is 10.5. The average Bonchev–Trinajstić information content (AvgIpc) is 3.13. The molecule has 6 nitrogen and oxygen atoms in total. The van der Waals surface area contributed by atoms with Gasteiger partial charge in [-0.25, -0.2) is 5.43 Å². The standard InChI is InChI=1S/C16H19N3O3/c1-16-9-3-2-4-13(16)14(16)15(20)18-17-10-11-5-7-12(8-6-11)19(21)22/h5-8,10,13-14H,2-4,9H2,1H3,(H,18,20)/b17-10+/t13-,14-,16-/m1/s1. The summed E-state index contributed by atoms with van der Waals surface area (Å²) in [6, 6.07) is 6.04. The number of carbonyl (C=O) groups excluding carboxylic acids is 1. The van der Waals surface area contributed by atoms with Gasteiger partial charge in [0.1, 0.15) is 0 Å². The molecule has 1 aromatic carbocycles. The van der Waals surface area contributed by atoms with E-state index in [1.165, 1.54) is 31.2 Å². The van der Waals surface area contributed by atoms with Crippen LogP contribution in [-0.4, -0.2) is 17.0 Å². The number of carbonyl (C=O) groups is 1. The average molecular weight is 301 g/mol. The second kappa shape index (κ2) is 5.51. The SMILES string of the molecule is C[C@@]12CCCC[C@@H]1[C@@H]2C(=O)N/N=C/c1ccc([N+](=O)[O-])cc1. The van der Waals surface area contributed by atoms with Crippen LogP contribution < -0.4 is 5.43 Å². The number of nitrogens with zero attached hydrogens (tertiary/aromatic N) is 2. The monoisotopic (exact) mass is 301 g/mol. The second-order valence-electron chi connectivity index (χ2n) is 6.42. The number of nitro groups is 1. The van der Waals surface area contributed by atoms with Gasteiger partial charge in [0, 0.05) is 18.1 Å². The Balaban J connectivity index is 1.56. The lowest BCUT2D eigenvalue weighted by Crippen LogP contribution is -2.22. The van der Waals surface area contributed by atoms with E-state index >= 15 is 0 Å². The van der Waals surface area contributed by atoms with Gasteiger partial charge in [0.15, 0.2) is 0 Å². The number of rotatable bonds is 4. The summed E-state index contributed by atoms with van der Waals surface area (Å²) >= 11 is 0. The number of hydrogen-bond acceptors (Lipinski definition) is 4. The zero-order chi connectivity index (χ0) is 15.7. The van der Waals surface area contributed by atoms with Crippen molar-refractivity contribution < 1.29 is 9.72 Å². The third kappa shape index (κ3) is 2.61. The quantitative estimate of drug-likeness (QED) is 0.527. The molecule has 22 heavy (non-hydrogen) atoms. The van der Waals surface area contributed by atoms with Crippen molar-refractivity contribution >= 4 is 17.8 Å². The highest BCUT2D eigenvalue weighted by molar-refractivity contribution is 5.86. The molecule has 2 saturated carbocycles. The lowest BCUT2D eigenvalue weighted by molar-refractivity contribution is -0.384. The van der Waals surface area contributed by atoms with Gasteiger partial charge in [-0.2, -0.15) is 5.10 Å². The van der Waals surface area contributed by atoms with Crippen LogP contribution in [0.4, 0.5) is 5.69 Å². The van der Waals surface area contributed by atoms with Crippen molar-refractivity contribution in [1.82, 2.24) is 5.43 Å². The number of hydrazone groups is 1. The fourth-order valence-corrected chi connectivity index (χ4v) is 3.77. The summed E-state index contributed by atoms with van der Waals surface area (Å²) in [5.74, 6) is 0.590. The summed E-state index contributed by atoms with van der Waals surface area (Å²) in [6.45, 7) is 2.20. The van der Waals surface area contributed by atoms with E-state index in [4.69, 9.17) is 0 Å². The van der Waals surface area contributed by atoms with Crippen LogP contribution >= 0.6 is 0 Å². The van der Waals surface area contributed by atoms with E-state index in [-0.39, 0.29) is 22.9 Å². The predicted octanol–water partition coefficient (Wildman–Crippen LogP) is 2.87. The van der Waals surface area contributed by atoms with Crippen molar-refractivity contribution in [2.75, 3.05) is 0 Å². The molecule has 1 amide bonds. The van der Waals surface area contributed by atoms with Crippen molar-refractivity contribution in [3.63, 3.8) is 0 Å². The molecule has 2 aliphatic rings. The highest BCUT2D eigenvalue weighted by atomic mass is 16.6. The maximum Gasteiger partial charge on any atom is 0.269 e. The molecule has 0 heterocycles. The smallest absolute Gasteiger partial charge is 0.269 e. The number of non-ortho nitro benzene ring substituents is 1. The third-order valence-corrected chi connectivity index (χ3v) is 5.11. The first-order valence-electron chi connectivity index (χ1n) is 7.60. The number of fused-ring (bicyclic) bond motifs is 1. The molecule has 6 heteroatoms. The molecule has 0 aromatic heterocycles. The first kappa shape index (κ1) is 14.7. The van der Waals surface area contributed by atoms with Crippen LogP contribution in [0.15, 0.2) is 29.4 Å². The molecule has 1 N–H and O–H groups in total. The van der Waals surface area contributed by atoms with Crippen molar-refractivity contribution in [3.05, 3.63) is 39.9 Å². The number of hydrogen-bond donors (Lipinski definition) is 1. The molecule has 2 aliphatic carbocycles. The zero-order valence-electron chi connectivity index (χ0n) is 12.5. The summed E-state index contributed by atoms with van der Waals surface area (Å²) in [6.07, 6.45) is 6.21. The Morgan fingerprint density at radius 3 is 2.73 bits per heavy atom. The third-order valence-electron chi connectivity index (χ3n) is 5.11. The fourth-order valence-electron chi connectivity index (χ4n) is 3.77. The lowest BCUT2D eigenvalue weighted by atomic mass is 9.90. The van der Waals surface area contributed by atoms with Gasteiger partial charge in [-0.05, 0) is 41.9 Å². The fraction of sp³-hybridized carbons (Fsp3) is 0.500. The van der Waals surface area contributed by atoms with E-state index in [2.05, 4.69) is 17.5 Å². The highest BCUT2D eigenvalue weighted by Gasteiger charge is 2.64. The van der Waals surface area contributed by atoms with Crippen LogP contribution in [0.2, 0.25) is 0 Å². The van der Waals surface area contributed by atoms with Crippen LogP contribution in [0.5, 0.6) is 0 Å². The van der Waals surface area contributed by atoms with Gasteiger partial charge < -0.3 is 0 Å². The minimum absolute atomic E-state index is 0.00689. The molecule has 0 aliphatic heterocycles. The Morgan fingerprint density at radius 1 is 1.41 bits per heavy atom. The molecule has 1 aromatic rings. The summed E-state index contributed by atoms with van der Waals surface area (Å²) in [4.78, 5) is 22.3. The van der Waals surface area contributed by atoms with Gasteiger partial charge in [-0.3, -0.25) is 14.9 Å².